The molecule has 0 bridgehead atoms. The molecule has 3 aromatic carbocycles. The maximum Gasteiger partial charge on any atom is 0.187 e. The fourth-order valence-corrected chi connectivity index (χ4v) is 3.53. The number of carbonyl (C=O) groups excluding carboxylic acids is 1. The Morgan fingerprint density at radius 3 is 2.37 bits per heavy atom. The first-order chi connectivity index (χ1) is 13.2. The van der Waals surface area contributed by atoms with Gasteiger partial charge in [0, 0.05) is 22.6 Å². The third kappa shape index (κ3) is 5.22. The zero-order chi connectivity index (χ0) is 19.1. The van der Waals surface area contributed by atoms with Gasteiger partial charge in [0.15, 0.2) is 11.5 Å². The number of methoxy groups -OCH3 is 1. The van der Waals surface area contributed by atoms with Gasteiger partial charge < -0.3 is 4.74 Å². The summed E-state index contributed by atoms with van der Waals surface area (Å²) in [5, 5.41) is 0. The van der Waals surface area contributed by atoms with Gasteiger partial charge in [-0.3, -0.25) is 4.79 Å². The Bertz CT molecular complexity index is 957. The third-order valence-corrected chi connectivity index (χ3v) is 5.22. The lowest BCUT2D eigenvalue weighted by molar-refractivity contribution is 0.0993. The largest absolute Gasteiger partial charge is 0.497 e. The van der Waals surface area contributed by atoms with Gasteiger partial charge in [-0.25, -0.2) is 4.85 Å². The fourth-order valence-electron chi connectivity index (χ4n) is 2.62. The summed E-state index contributed by atoms with van der Waals surface area (Å²) < 4.78 is 5.18. The van der Waals surface area contributed by atoms with Crippen LogP contribution in [0.5, 0.6) is 5.75 Å². The second-order valence-corrected chi connectivity index (χ2v) is 7.09. The van der Waals surface area contributed by atoms with Crippen LogP contribution in [-0.4, -0.2) is 12.9 Å². The third-order valence-electron chi connectivity index (χ3n) is 4.15. The first kappa shape index (κ1) is 18.8. The van der Waals surface area contributed by atoms with Crippen LogP contribution in [0, 0.1) is 6.57 Å². The highest BCUT2D eigenvalue weighted by Gasteiger charge is 2.08. The number of benzene rings is 3. The van der Waals surface area contributed by atoms with Gasteiger partial charge >= 0.3 is 0 Å². The number of thioether (sulfide) groups is 1. The van der Waals surface area contributed by atoms with E-state index in [1.165, 1.54) is 5.56 Å². The summed E-state index contributed by atoms with van der Waals surface area (Å²) in [6, 6.07) is 22.9. The molecule has 0 unspecified atom stereocenters. The van der Waals surface area contributed by atoms with E-state index in [1.807, 2.05) is 60.7 Å². The van der Waals surface area contributed by atoms with Crippen molar-refractivity contribution in [3.8, 4) is 5.75 Å². The van der Waals surface area contributed by atoms with Crippen LogP contribution in [0.2, 0.25) is 0 Å². The minimum atomic E-state index is 0.0810. The summed E-state index contributed by atoms with van der Waals surface area (Å²) in [5.41, 5.74) is 3.42. The standard InChI is InChI=1S/C23H19NO2S/c1-24-20-10-6-17(7-11-20)14-23(25)19-4-3-5-22(15-19)27-16-18-8-12-21(26-2)13-9-18/h3-13,15H,14,16H2,2H3. The number of nitrogens with zero attached hydrogens (tertiary/aromatic N) is 1. The van der Waals surface area contributed by atoms with Crippen molar-refractivity contribution in [1.29, 1.82) is 0 Å². The molecule has 0 fully saturated rings. The highest BCUT2D eigenvalue weighted by Crippen LogP contribution is 2.25. The number of hydrogen-bond acceptors (Lipinski definition) is 3. The van der Waals surface area contributed by atoms with Crippen molar-refractivity contribution >= 4 is 23.2 Å². The number of ether oxygens (including phenoxy) is 1. The number of Topliss-reactive ketones (excluding diaryl/α,β-unsaturated/α-hetero) is 1. The van der Waals surface area contributed by atoms with Crippen LogP contribution in [0.15, 0.2) is 77.7 Å². The molecule has 0 radical (unpaired) electrons. The van der Waals surface area contributed by atoms with Gasteiger partial charge in [-0.1, -0.05) is 48.5 Å². The maximum absolute atomic E-state index is 12.6. The Balaban J connectivity index is 1.63. The Hall–Kier alpha value is -3.03. The van der Waals surface area contributed by atoms with Gasteiger partial charge in [-0.05, 0) is 35.4 Å². The van der Waals surface area contributed by atoms with Gasteiger partial charge in [0.25, 0.3) is 0 Å². The first-order valence-corrected chi connectivity index (χ1v) is 9.52. The summed E-state index contributed by atoms with van der Waals surface area (Å²) in [5.74, 6) is 1.76. The van der Waals surface area contributed by atoms with Crippen molar-refractivity contribution in [1.82, 2.24) is 0 Å². The molecule has 0 aliphatic carbocycles. The van der Waals surface area contributed by atoms with E-state index in [4.69, 9.17) is 11.3 Å². The van der Waals surface area contributed by atoms with E-state index < -0.39 is 0 Å². The highest BCUT2D eigenvalue weighted by atomic mass is 32.2. The van der Waals surface area contributed by atoms with Crippen molar-refractivity contribution in [2.75, 3.05) is 7.11 Å². The van der Waals surface area contributed by atoms with Crippen molar-refractivity contribution < 1.29 is 9.53 Å². The van der Waals surface area contributed by atoms with Gasteiger partial charge in [-0.15, -0.1) is 11.8 Å². The molecule has 4 heteroatoms. The summed E-state index contributed by atoms with van der Waals surface area (Å²) in [6.45, 7) is 6.99. The zero-order valence-electron chi connectivity index (χ0n) is 15.0. The van der Waals surface area contributed by atoms with Crippen LogP contribution in [0.3, 0.4) is 0 Å². The summed E-state index contributed by atoms with van der Waals surface area (Å²) in [7, 11) is 1.66. The molecular formula is C23H19NO2S. The van der Waals surface area contributed by atoms with E-state index in [0.717, 1.165) is 22.0 Å². The van der Waals surface area contributed by atoms with Crippen molar-refractivity contribution in [2.24, 2.45) is 0 Å². The predicted octanol–water partition coefficient (Wildman–Crippen LogP) is 5.96. The fraction of sp³-hybridized carbons (Fsp3) is 0.130. The Kier molecular flexibility index (Phi) is 6.30. The molecule has 0 aliphatic rings. The van der Waals surface area contributed by atoms with E-state index >= 15 is 0 Å². The molecule has 0 spiro atoms. The summed E-state index contributed by atoms with van der Waals surface area (Å²) >= 11 is 1.70. The van der Waals surface area contributed by atoms with Crippen LogP contribution in [0.4, 0.5) is 5.69 Å². The van der Waals surface area contributed by atoms with Gasteiger partial charge in [0.1, 0.15) is 5.75 Å². The minimum Gasteiger partial charge on any atom is -0.497 e. The zero-order valence-corrected chi connectivity index (χ0v) is 15.8. The van der Waals surface area contributed by atoms with Crippen LogP contribution in [-0.2, 0) is 12.2 Å². The van der Waals surface area contributed by atoms with E-state index in [9.17, 15) is 4.79 Å². The topological polar surface area (TPSA) is 30.7 Å². The number of carbonyl (C=O) groups is 1. The van der Waals surface area contributed by atoms with Gasteiger partial charge in [-0.2, -0.15) is 0 Å². The molecular weight excluding hydrogens is 354 g/mol. The number of ketones is 1. The Labute approximate surface area is 163 Å². The second kappa shape index (κ2) is 9.07. The molecule has 0 N–H and O–H groups in total. The lowest BCUT2D eigenvalue weighted by Gasteiger charge is -2.06. The molecule has 3 rings (SSSR count). The number of rotatable bonds is 7. The van der Waals surface area contributed by atoms with Crippen molar-refractivity contribution in [3.63, 3.8) is 0 Å². The lowest BCUT2D eigenvalue weighted by Crippen LogP contribution is -2.03. The summed E-state index contributed by atoms with van der Waals surface area (Å²) in [4.78, 5) is 17.0. The smallest absolute Gasteiger partial charge is 0.187 e. The molecule has 0 aromatic heterocycles. The molecule has 3 aromatic rings. The number of hydrogen-bond donors (Lipinski definition) is 0. The molecule has 0 aliphatic heterocycles. The van der Waals surface area contributed by atoms with Gasteiger partial charge in [0.05, 0.1) is 13.7 Å². The summed E-state index contributed by atoms with van der Waals surface area (Å²) in [6.07, 6.45) is 0.338. The quantitative estimate of drug-likeness (QED) is 0.291. The predicted molar refractivity (Wildman–Crippen MR) is 110 cm³/mol. The van der Waals surface area contributed by atoms with E-state index in [1.54, 1.807) is 31.0 Å². The molecule has 0 saturated carbocycles. The van der Waals surface area contributed by atoms with Gasteiger partial charge in [0.2, 0.25) is 0 Å². The lowest BCUT2D eigenvalue weighted by atomic mass is 10.0. The highest BCUT2D eigenvalue weighted by molar-refractivity contribution is 7.98. The molecule has 0 heterocycles. The monoisotopic (exact) mass is 373 g/mol. The Morgan fingerprint density at radius 2 is 1.70 bits per heavy atom. The van der Waals surface area contributed by atoms with Crippen molar-refractivity contribution in [2.45, 2.75) is 17.1 Å². The van der Waals surface area contributed by atoms with Crippen LogP contribution >= 0.6 is 11.8 Å². The molecule has 3 nitrogen and oxygen atoms in total. The van der Waals surface area contributed by atoms with Crippen LogP contribution in [0.25, 0.3) is 4.85 Å². The van der Waals surface area contributed by atoms with Crippen LogP contribution in [0.1, 0.15) is 21.5 Å². The van der Waals surface area contributed by atoms with E-state index in [0.29, 0.717) is 17.7 Å². The Morgan fingerprint density at radius 1 is 1.00 bits per heavy atom. The average Bonchev–Trinajstić information content (AvgIpc) is 2.73. The van der Waals surface area contributed by atoms with Crippen molar-refractivity contribution in [3.05, 3.63) is 101 Å². The SMILES string of the molecule is [C-]#[N+]c1ccc(CC(=O)c2cccc(SCc3ccc(OC)cc3)c2)cc1. The normalized spacial score (nSPS) is 10.2. The molecule has 134 valence electrons. The van der Waals surface area contributed by atoms with Crippen LogP contribution < -0.4 is 4.74 Å². The van der Waals surface area contributed by atoms with E-state index in [-0.39, 0.29) is 5.78 Å². The molecule has 0 amide bonds. The average molecular weight is 373 g/mol. The van der Waals surface area contributed by atoms with E-state index in [2.05, 4.69) is 4.85 Å². The first-order valence-electron chi connectivity index (χ1n) is 8.53. The molecule has 0 atom stereocenters. The molecule has 0 saturated heterocycles. The molecule has 27 heavy (non-hydrogen) atoms. The maximum atomic E-state index is 12.6. The second-order valence-electron chi connectivity index (χ2n) is 6.04. The minimum absolute atomic E-state index is 0.0810.